The molecule has 1 amide bonds. The summed E-state index contributed by atoms with van der Waals surface area (Å²) in [7, 11) is -2.83. The largest absolute Gasteiger partial charge is 0.448 e. The van der Waals surface area contributed by atoms with Gasteiger partial charge in [0, 0.05) is 37.3 Å². The van der Waals surface area contributed by atoms with Crippen LogP contribution in [0.3, 0.4) is 0 Å². The highest BCUT2D eigenvalue weighted by molar-refractivity contribution is 7.91. The van der Waals surface area contributed by atoms with Crippen LogP contribution in [-0.4, -0.2) is 75.1 Å². The predicted octanol–water partition coefficient (Wildman–Crippen LogP) is 5.06. The van der Waals surface area contributed by atoms with E-state index in [-0.39, 0.29) is 33.8 Å². The number of nitrogens with zero attached hydrogens (tertiary/aromatic N) is 3. The first-order valence-corrected chi connectivity index (χ1v) is 15.9. The molecular weight excluding hydrogens is 608 g/mol. The molecule has 0 unspecified atom stereocenters. The lowest BCUT2D eigenvalue weighted by molar-refractivity contribution is 0.102. The van der Waals surface area contributed by atoms with Gasteiger partial charge >= 0.3 is 6.09 Å². The molecule has 2 N–H and O–H groups in total. The maximum atomic E-state index is 13.9. The van der Waals surface area contributed by atoms with E-state index in [9.17, 15) is 26.8 Å². The number of amides is 1. The van der Waals surface area contributed by atoms with Gasteiger partial charge in [-0.1, -0.05) is 6.07 Å². The minimum absolute atomic E-state index is 0.0414. The zero-order valence-corrected chi connectivity index (χ0v) is 25.6. The van der Waals surface area contributed by atoms with Gasteiger partial charge < -0.3 is 20.1 Å². The molecule has 4 aromatic rings. The second kappa shape index (κ2) is 13.7. The SMILES string of the molecule is CCOC(=O)n1nc(NC(=O)c2ccc(CN3CCCC3)cc2NCCOC)c2cc(S(=O)(=O)c3cc(F)cc(F)c3)ccc21. The van der Waals surface area contributed by atoms with Crippen LogP contribution < -0.4 is 10.6 Å². The van der Waals surface area contributed by atoms with Gasteiger partial charge in [-0.3, -0.25) is 9.69 Å². The average Bonchev–Trinajstić information content (AvgIpc) is 3.65. The molecule has 1 aliphatic rings. The van der Waals surface area contributed by atoms with Crippen LogP contribution in [0.2, 0.25) is 0 Å². The summed E-state index contributed by atoms with van der Waals surface area (Å²) in [4.78, 5) is 27.8. The minimum atomic E-state index is -4.40. The Morgan fingerprint density at radius 2 is 1.71 bits per heavy atom. The van der Waals surface area contributed by atoms with E-state index < -0.39 is 38.4 Å². The van der Waals surface area contributed by atoms with Crippen molar-refractivity contribution >= 4 is 44.2 Å². The fourth-order valence-corrected chi connectivity index (χ4v) is 6.52. The summed E-state index contributed by atoms with van der Waals surface area (Å²) >= 11 is 0. The van der Waals surface area contributed by atoms with Crippen molar-refractivity contribution in [1.29, 1.82) is 0 Å². The fraction of sp³-hybridized carbons (Fsp3) is 0.323. The van der Waals surface area contributed by atoms with E-state index in [4.69, 9.17) is 9.47 Å². The molecule has 11 nitrogen and oxygen atoms in total. The van der Waals surface area contributed by atoms with Gasteiger partial charge in [-0.2, -0.15) is 4.68 Å². The van der Waals surface area contributed by atoms with Crippen molar-refractivity contribution in [3.05, 3.63) is 77.4 Å². The van der Waals surface area contributed by atoms with Crippen molar-refractivity contribution in [3.63, 3.8) is 0 Å². The second-order valence-electron chi connectivity index (χ2n) is 10.5. The second-order valence-corrected chi connectivity index (χ2v) is 12.4. The van der Waals surface area contributed by atoms with E-state index in [1.807, 2.05) is 12.1 Å². The number of halogens is 2. The number of hydrogen-bond acceptors (Lipinski definition) is 9. The van der Waals surface area contributed by atoms with Crippen molar-refractivity contribution in [2.75, 3.05) is 50.6 Å². The summed E-state index contributed by atoms with van der Waals surface area (Å²) in [6.07, 6.45) is 1.45. The lowest BCUT2D eigenvalue weighted by Crippen LogP contribution is -2.20. The Hall–Kier alpha value is -4.40. The maximum Gasteiger partial charge on any atom is 0.435 e. The van der Waals surface area contributed by atoms with Gasteiger partial charge in [0.2, 0.25) is 9.84 Å². The quantitative estimate of drug-likeness (QED) is 0.216. The number of carbonyl (C=O) groups is 2. The summed E-state index contributed by atoms with van der Waals surface area (Å²) in [5.74, 6) is -2.80. The third kappa shape index (κ3) is 7.13. The van der Waals surface area contributed by atoms with E-state index in [0.717, 1.165) is 42.7 Å². The van der Waals surface area contributed by atoms with E-state index in [2.05, 4.69) is 20.6 Å². The molecule has 2 heterocycles. The lowest BCUT2D eigenvalue weighted by atomic mass is 10.1. The van der Waals surface area contributed by atoms with Crippen molar-refractivity contribution in [2.45, 2.75) is 36.1 Å². The van der Waals surface area contributed by atoms with Crippen LogP contribution in [0.25, 0.3) is 10.9 Å². The Labute approximate surface area is 259 Å². The zero-order valence-electron chi connectivity index (χ0n) is 24.8. The number of aromatic nitrogens is 2. The predicted molar refractivity (Wildman–Crippen MR) is 163 cm³/mol. The summed E-state index contributed by atoms with van der Waals surface area (Å²) in [6.45, 7) is 5.25. The number of carbonyl (C=O) groups excluding carboxylic acids is 2. The van der Waals surface area contributed by atoms with Gasteiger partial charge in [-0.05, 0) is 80.9 Å². The van der Waals surface area contributed by atoms with Crippen LogP contribution in [0.4, 0.5) is 25.1 Å². The van der Waals surface area contributed by atoms with E-state index in [0.29, 0.717) is 37.0 Å². The molecular formula is C31H33F2N5O6S. The van der Waals surface area contributed by atoms with Gasteiger partial charge in [0.25, 0.3) is 5.91 Å². The zero-order chi connectivity index (χ0) is 32.1. The summed E-state index contributed by atoms with van der Waals surface area (Å²) in [5, 5.41) is 10.3. The van der Waals surface area contributed by atoms with Crippen LogP contribution in [0.1, 0.15) is 35.7 Å². The molecule has 1 aliphatic heterocycles. The number of anilines is 2. The molecule has 5 rings (SSSR count). The number of nitrogens with one attached hydrogen (secondary N) is 2. The number of fused-ring (bicyclic) bond motifs is 1. The molecule has 1 aromatic heterocycles. The van der Waals surface area contributed by atoms with Crippen LogP contribution in [0.15, 0.2) is 64.4 Å². The van der Waals surface area contributed by atoms with E-state index >= 15 is 0 Å². The molecule has 3 aromatic carbocycles. The summed E-state index contributed by atoms with van der Waals surface area (Å²) < 4.78 is 65.6. The van der Waals surface area contributed by atoms with Crippen LogP contribution >= 0.6 is 0 Å². The molecule has 0 aliphatic carbocycles. The third-order valence-corrected chi connectivity index (χ3v) is 9.07. The number of likely N-dealkylation sites (tertiary alicyclic amines) is 1. The van der Waals surface area contributed by atoms with E-state index in [1.165, 1.54) is 18.2 Å². The third-order valence-electron chi connectivity index (χ3n) is 7.34. The average molecular weight is 642 g/mol. The van der Waals surface area contributed by atoms with Gasteiger partial charge in [0.05, 0.1) is 34.1 Å². The molecule has 238 valence electrons. The summed E-state index contributed by atoms with van der Waals surface area (Å²) in [5.41, 5.74) is 2.02. The highest BCUT2D eigenvalue weighted by atomic mass is 32.2. The Bertz CT molecular complexity index is 1820. The minimum Gasteiger partial charge on any atom is -0.448 e. The van der Waals surface area contributed by atoms with Crippen LogP contribution in [0.5, 0.6) is 0 Å². The Morgan fingerprint density at radius 1 is 0.978 bits per heavy atom. The first-order chi connectivity index (χ1) is 21.6. The van der Waals surface area contributed by atoms with Crippen molar-refractivity contribution in [2.24, 2.45) is 0 Å². The van der Waals surface area contributed by atoms with Crippen molar-refractivity contribution < 1.29 is 36.3 Å². The fourth-order valence-electron chi connectivity index (χ4n) is 5.20. The van der Waals surface area contributed by atoms with Crippen molar-refractivity contribution in [1.82, 2.24) is 14.7 Å². The van der Waals surface area contributed by atoms with Gasteiger partial charge in [-0.25, -0.2) is 22.0 Å². The molecule has 0 bridgehead atoms. The molecule has 0 radical (unpaired) electrons. The molecule has 14 heteroatoms. The summed E-state index contributed by atoms with van der Waals surface area (Å²) in [6, 6.07) is 11.1. The Morgan fingerprint density at radius 3 is 2.40 bits per heavy atom. The van der Waals surface area contributed by atoms with E-state index in [1.54, 1.807) is 20.1 Å². The normalized spacial score (nSPS) is 13.7. The molecule has 0 atom stereocenters. The highest BCUT2D eigenvalue weighted by Gasteiger charge is 2.25. The standard InChI is InChI=1S/C31H33F2N5O6S/c1-3-44-31(40)38-28-9-7-23(45(41,42)24-16-21(32)15-22(33)17-24)18-26(28)29(36-38)35-30(39)25-8-6-20(19-37-11-4-5-12-37)14-27(25)34-10-13-43-2/h6-9,14-18,34H,3-5,10-13,19H2,1-2H3,(H,35,36,39). The lowest BCUT2D eigenvalue weighted by Gasteiger charge is -2.17. The number of hydrogen-bond donors (Lipinski definition) is 2. The molecule has 0 saturated carbocycles. The van der Waals surface area contributed by atoms with Gasteiger partial charge in [0.1, 0.15) is 11.6 Å². The first-order valence-electron chi connectivity index (χ1n) is 14.4. The number of benzene rings is 3. The highest BCUT2D eigenvalue weighted by Crippen LogP contribution is 2.31. The topological polar surface area (TPSA) is 132 Å². The molecule has 45 heavy (non-hydrogen) atoms. The Balaban J connectivity index is 1.53. The molecule has 1 saturated heterocycles. The monoisotopic (exact) mass is 641 g/mol. The van der Waals surface area contributed by atoms with Gasteiger partial charge in [0.15, 0.2) is 5.82 Å². The smallest absolute Gasteiger partial charge is 0.435 e. The maximum absolute atomic E-state index is 13.9. The number of ether oxygens (including phenoxy) is 2. The number of methoxy groups -OCH3 is 1. The molecule has 0 spiro atoms. The van der Waals surface area contributed by atoms with Crippen molar-refractivity contribution in [3.8, 4) is 0 Å². The number of rotatable bonds is 11. The van der Waals surface area contributed by atoms with Gasteiger partial charge in [-0.15, -0.1) is 5.10 Å². The number of sulfone groups is 1. The first kappa shape index (κ1) is 32.0. The molecule has 1 fully saturated rings. The Kier molecular flexibility index (Phi) is 9.75. The van der Waals surface area contributed by atoms with Crippen LogP contribution in [0, 0.1) is 11.6 Å². The van der Waals surface area contributed by atoms with Crippen LogP contribution in [-0.2, 0) is 25.9 Å².